The molecule has 4 rings (SSSR count). The fourth-order valence-electron chi connectivity index (χ4n) is 6.59. The van der Waals surface area contributed by atoms with Gasteiger partial charge in [0.15, 0.2) is 6.04 Å². The van der Waals surface area contributed by atoms with Gasteiger partial charge in [-0.3, -0.25) is 24.0 Å². The van der Waals surface area contributed by atoms with Crippen molar-refractivity contribution in [2.24, 2.45) is 5.92 Å². The molecule has 1 aliphatic carbocycles. The molecule has 6 amide bonds. The van der Waals surface area contributed by atoms with Gasteiger partial charge in [0.05, 0.1) is 25.2 Å². The first-order valence-corrected chi connectivity index (χ1v) is 17.1. The van der Waals surface area contributed by atoms with Gasteiger partial charge in [-0.05, 0) is 43.4 Å². The van der Waals surface area contributed by atoms with Gasteiger partial charge >= 0.3 is 12.0 Å². The van der Waals surface area contributed by atoms with E-state index in [2.05, 4.69) is 21.3 Å². The molecule has 2 aliphatic rings. The Kier molecular flexibility index (Phi) is 13.6. The van der Waals surface area contributed by atoms with E-state index >= 15 is 0 Å². The van der Waals surface area contributed by atoms with Crippen LogP contribution in [0.3, 0.4) is 0 Å². The highest BCUT2D eigenvalue weighted by atomic mass is 16.4. The molecule has 268 valence electrons. The Balaban J connectivity index is 1.46. The third kappa shape index (κ3) is 9.53. The molecule has 0 spiro atoms. The van der Waals surface area contributed by atoms with Crippen molar-refractivity contribution in [3.8, 4) is 0 Å². The minimum Gasteiger partial charge on any atom is -0.479 e. The maximum absolute atomic E-state index is 14.0. The van der Waals surface area contributed by atoms with E-state index in [1.165, 1.54) is 17.0 Å². The summed E-state index contributed by atoms with van der Waals surface area (Å²) in [6, 6.07) is 11.9. The third-order valence-corrected chi connectivity index (χ3v) is 9.17. The second-order valence-electron chi connectivity index (χ2n) is 12.7. The van der Waals surface area contributed by atoms with E-state index in [1.54, 1.807) is 32.2 Å². The number of hydrogen-bond donors (Lipinski definition) is 5. The van der Waals surface area contributed by atoms with Gasteiger partial charge in [-0.1, -0.05) is 93.3 Å². The predicted octanol–water partition coefficient (Wildman–Crippen LogP) is 1.90. The molecule has 1 saturated heterocycles. The van der Waals surface area contributed by atoms with E-state index in [4.69, 9.17) is 0 Å². The van der Waals surface area contributed by atoms with E-state index in [9.17, 15) is 38.7 Å². The quantitative estimate of drug-likeness (QED) is 0.164. The first-order chi connectivity index (χ1) is 24.0. The molecule has 14 heteroatoms. The van der Waals surface area contributed by atoms with Crippen molar-refractivity contribution in [2.45, 2.75) is 82.6 Å². The highest BCUT2D eigenvalue weighted by Crippen LogP contribution is 2.29. The van der Waals surface area contributed by atoms with Crippen LogP contribution in [0.25, 0.3) is 0 Å². The van der Waals surface area contributed by atoms with Gasteiger partial charge in [-0.2, -0.15) is 0 Å². The van der Waals surface area contributed by atoms with Crippen LogP contribution in [0.4, 0.5) is 4.79 Å². The summed E-state index contributed by atoms with van der Waals surface area (Å²) >= 11 is 0. The van der Waals surface area contributed by atoms with E-state index in [0.29, 0.717) is 12.0 Å². The van der Waals surface area contributed by atoms with Crippen LogP contribution < -0.4 is 21.3 Å². The van der Waals surface area contributed by atoms with Crippen LogP contribution >= 0.6 is 0 Å². The van der Waals surface area contributed by atoms with Crippen molar-refractivity contribution in [3.05, 3.63) is 71.8 Å². The average Bonchev–Trinajstić information content (AvgIpc) is 3.45. The summed E-state index contributed by atoms with van der Waals surface area (Å²) < 4.78 is 0. The Labute approximate surface area is 291 Å². The Morgan fingerprint density at radius 1 is 0.900 bits per heavy atom. The molecular formula is C36H46N6O8. The van der Waals surface area contributed by atoms with Crippen molar-refractivity contribution < 1.29 is 38.7 Å². The lowest BCUT2D eigenvalue weighted by Crippen LogP contribution is -2.58. The number of amides is 6. The Morgan fingerprint density at radius 2 is 1.54 bits per heavy atom. The zero-order chi connectivity index (χ0) is 36.2. The topological polar surface area (TPSA) is 194 Å². The number of carbonyl (C=O) groups excluding carboxylic acids is 6. The molecule has 50 heavy (non-hydrogen) atoms. The third-order valence-electron chi connectivity index (χ3n) is 9.17. The van der Waals surface area contributed by atoms with Crippen LogP contribution in [0, 0.1) is 5.92 Å². The first-order valence-electron chi connectivity index (χ1n) is 17.1. The fraction of sp³-hybridized carbons (Fsp3) is 0.472. The number of ketones is 1. The van der Waals surface area contributed by atoms with Gasteiger partial charge in [0, 0.05) is 6.54 Å². The van der Waals surface area contributed by atoms with Crippen LogP contribution in [0.15, 0.2) is 60.7 Å². The van der Waals surface area contributed by atoms with Crippen molar-refractivity contribution in [2.75, 3.05) is 20.1 Å². The SMILES string of the molecule is CCCC(NC(=O)C1CN(Cc2ccccc2)C(=O)N1C(=O)C(NC)C1CCCCC1)C(=O)C(=O)NCC(=O)NC(C(=O)O)c1ccccc1. The largest absolute Gasteiger partial charge is 0.479 e. The predicted molar refractivity (Wildman–Crippen MR) is 182 cm³/mol. The summed E-state index contributed by atoms with van der Waals surface area (Å²) in [6.45, 7) is 1.12. The second kappa shape index (κ2) is 18.0. The van der Waals surface area contributed by atoms with E-state index in [-0.39, 0.29) is 25.4 Å². The molecule has 0 radical (unpaired) electrons. The van der Waals surface area contributed by atoms with E-state index < -0.39 is 72.1 Å². The minimum atomic E-state index is -1.37. The molecule has 4 atom stereocenters. The van der Waals surface area contributed by atoms with Crippen molar-refractivity contribution >= 4 is 41.4 Å². The number of carboxylic acids is 1. The van der Waals surface area contributed by atoms with Crippen LogP contribution in [0.2, 0.25) is 0 Å². The molecular weight excluding hydrogens is 644 g/mol. The van der Waals surface area contributed by atoms with Crippen LogP contribution in [0.1, 0.15) is 69.0 Å². The van der Waals surface area contributed by atoms with E-state index in [0.717, 1.165) is 42.6 Å². The normalized spacial score (nSPS) is 18.1. The average molecular weight is 691 g/mol. The summed E-state index contributed by atoms with van der Waals surface area (Å²) in [7, 11) is 1.66. The fourth-order valence-corrected chi connectivity index (χ4v) is 6.59. The molecule has 5 N–H and O–H groups in total. The first kappa shape index (κ1) is 37.7. The maximum atomic E-state index is 14.0. The molecule has 1 heterocycles. The number of hydrogen-bond acceptors (Lipinski definition) is 8. The standard InChI is InChI=1S/C36H46N6O8/c1-3-13-26(31(44)33(46)38-20-28(43)40-30(35(48)49)25-18-11-6-12-19-25)39-32(45)27-22-41(21-23-14-7-4-8-15-23)36(50)42(27)34(47)29(37-2)24-16-9-5-10-17-24/h4,6-8,11-12,14-15,18-19,24,26-27,29-30,37H,3,5,9-10,13,16-17,20-22H2,1-2H3,(H,38,46)(H,39,45)(H,40,43)(H,48,49). The number of aliphatic carboxylic acids is 1. The van der Waals surface area contributed by atoms with Gasteiger partial charge in [-0.25, -0.2) is 14.5 Å². The van der Waals surface area contributed by atoms with Gasteiger partial charge in [-0.15, -0.1) is 0 Å². The number of nitrogens with one attached hydrogen (secondary N) is 4. The molecule has 1 saturated carbocycles. The molecule has 14 nitrogen and oxygen atoms in total. The highest BCUT2D eigenvalue weighted by molar-refractivity contribution is 6.38. The summed E-state index contributed by atoms with van der Waals surface area (Å²) in [5, 5.41) is 19.8. The number of benzene rings is 2. The lowest BCUT2D eigenvalue weighted by Gasteiger charge is -2.32. The number of Topliss-reactive ketones (excluding diaryl/α,β-unsaturated/α-hetero) is 1. The number of rotatable bonds is 16. The van der Waals surface area contributed by atoms with Crippen LogP contribution in [-0.4, -0.2) is 94.6 Å². The molecule has 2 fully saturated rings. The lowest BCUT2D eigenvalue weighted by molar-refractivity contribution is -0.143. The van der Waals surface area contributed by atoms with Gasteiger partial charge in [0.25, 0.3) is 5.91 Å². The lowest BCUT2D eigenvalue weighted by atomic mass is 9.83. The van der Waals surface area contributed by atoms with Crippen molar-refractivity contribution in [1.29, 1.82) is 0 Å². The summed E-state index contributed by atoms with van der Waals surface area (Å²) in [5.74, 6) is -5.61. The van der Waals surface area contributed by atoms with Gasteiger partial charge < -0.3 is 31.3 Å². The van der Waals surface area contributed by atoms with Gasteiger partial charge in [0.2, 0.25) is 23.5 Å². The monoisotopic (exact) mass is 690 g/mol. The molecule has 0 aromatic heterocycles. The molecule has 0 bridgehead atoms. The molecule has 4 unspecified atom stereocenters. The maximum Gasteiger partial charge on any atom is 0.330 e. The number of likely N-dealkylation sites (N-methyl/N-ethyl adjacent to an activating group) is 1. The number of nitrogens with zero attached hydrogens (tertiary/aromatic N) is 2. The summed E-state index contributed by atoms with van der Waals surface area (Å²) in [6.07, 6.45) is 5.10. The smallest absolute Gasteiger partial charge is 0.330 e. The number of urea groups is 1. The Morgan fingerprint density at radius 3 is 2.14 bits per heavy atom. The number of carboxylic acid groups (broad SMARTS) is 1. The zero-order valence-electron chi connectivity index (χ0n) is 28.4. The van der Waals surface area contributed by atoms with Crippen LogP contribution in [-0.2, 0) is 35.3 Å². The van der Waals surface area contributed by atoms with Gasteiger partial charge in [0.1, 0.15) is 6.04 Å². The van der Waals surface area contributed by atoms with Crippen molar-refractivity contribution in [1.82, 2.24) is 31.1 Å². The Bertz CT molecular complexity index is 1530. The zero-order valence-corrected chi connectivity index (χ0v) is 28.4. The van der Waals surface area contributed by atoms with E-state index in [1.807, 2.05) is 30.3 Å². The minimum absolute atomic E-state index is 0.00489. The molecule has 1 aliphatic heterocycles. The molecule has 2 aromatic carbocycles. The summed E-state index contributed by atoms with van der Waals surface area (Å²) in [5.41, 5.74) is 1.13. The highest BCUT2D eigenvalue weighted by Gasteiger charge is 2.48. The molecule has 2 aromatic rings. The van der Waals surface area contributed by atoms with Crippen molar-refractivity contribution in [3.63, 3.8) is 0 Å². The Hall–Kier alpha value is -5.11. The summed E-state index contributed by atoms with van der Waals surface area (Å²) in [4.78, 5) is 94.6. The number of imide groups is 1. The second-order valence-corrected chi connectivity index (χ2v) is 12.7. The number of carbonyl (C=O) groups is 7. The van der Waals surface area contributed by atoms with Crippen LogP contribution in [0.5, 0.6) is 0 Å².